The normalized spacial score (nSPS) is 11.3. The molecule has 0 spiro atoms. The van der Waals surface area contributed by atoms with E-state index >= 15 is 0 Å². The topological polar surface area (TPSA) is 92.8 Å². The lowest BCUT2D eigenvalue weighted by Crippen LogP contribution is -2.35. The van der Waals surface area contributed by atoms with Gasteiger partial charge in [0.2, 0.25) is 0 Å². The van der Waals surface area contributed by atoms with Gasteiger partial charge in [0.15, 0.2) is 17.6 Å². The Balaban J connectivity index is 2.11. The number of nitrogens with one attached hydrogen (secondary N) is 2. The van der Waals surface area contributed by atoms with Crippen molar-refractivity contribution in [3.63, 3.8) is 0 Å². The summed E-state index contributed by atoms with van der Waals surface area (Å²) in [5, 5.41) is 5.75. The van der Waals surface area contributed by atoms with Crippen LogP contribution in [-0.2, 0) is 11.3 Å². The van der Waals surface area contributed by atoms with Crippen molar-refractivity contribution in [1.29, 1.82) is 0 Å². The summed E-state index contributed by atoms with van der Waals surface area (Å²) < 4.78 is 11.5. The van der Waals surface area contributed by atoms with Crippen molar-refractivity contribution in [3.05, 3.63) is 47.7 Å². The largest absolute Gasteiger partial charge is 0.490 e. The number of benzene rings is 1. The zero-order valence-electron chi connectivity index (χ0n) is 17.5. The van der Waals surface area contributed by atoms with Crippen molar-refractivity contribution < 1.29 is 19.1 Å². The molecule has 2 N–H and O–H groups in total. The molecule has 0 radical (unpaired) electrons. The summed E-state index contributed by atoms with van der Waals surface area (Å²) in [7, 11) is 4.94. The van der Waals surface area contributed by atoms with Crippen molar-refractivity contribution in [3.8, 4) is 11.5 Å². The van der Waals surface area contributed by atoms with Gasteiger partial charge in [-0.05, 0) is 43.7 Å². The number of anilines is 1. The molecule has 0 saturated carbocycles. The highest BCUT2D eigenvalue weighted by Gasteiger charge is 2.18. The SMILES string of the molecule is CCOc1cc(CNc2cccc(C(=O)NC)n2)ccc1O[C@H](C)C(=O)N(C)C. The molecule has 1 heterocycles. The third kappa shape index (κ3) is 6.10. The van der Waals surface area contributed by atoms with Crippen LogP contribution in [0, 0.1) is 0 Å². The van der Waals surface area contributed by atoms with Crippen LogP contribution in [0.1, 0.15) is 29.9 Å². The van der Waals surface area contributed by atoms with Crippen LogP contribution >= 0.6 is 0 Å². The summed E-state index contributed by atoms with van der Waals surface area (Å²) in [5.41, 5.74) is 1.29. The minimum absolute atomic E-state index is 0.125. The molecule has 0 aliphatic carbocycles. The molecular formula is C21H28N4O4. The van der Waals surface area contributed by atoms with Gasteiger partial charge in [-0.1, -0.05) is 12.1 Å². The molecule has 1 aromatic carbocycles. The smallest absolute Gasteiger partial charge is 0.269 e. The van der Waals surface area contributed by atoms with Crippen LogP contribution in [-0.4, -0.2) is 55.6 Å². The molecule has 8 nitrogen and oxygen atoms in total. The third-order valence-corrected chi connectivity index (χ3v) is 4.08. The van der Waals surface area contributed by atoms with E-state index in [4.69, 9.17) is 9.47 Å². The molecule has 1 aromatic heterocycles. The molecule has 0 fully saturated rings. The first-order chi connectivity index (χ1) is 13.8. The first-order valence-corrected chi connectivity index (χ1v) is 9.42. The molecular weight excluding hydrogens is 372 g/mol. The highest BCUT2D eigenvalue weighted by molar-refractivity contribution is 5.92. The average molecular weight is 400 g/mol. The highest BCUT2D eigenvalue weighted by atomic mass is 16.5. The standard InChI is InChI=1S/C21H28N4O4/c1-6-28-18-12-15(10-11-17(18)29-14(2)21(27)25(4)5)13-23-19-9-7-8-16(24-19)20(26)22-3/h7-12,14H,6,13H2,1-5H3,(H,22,26)(H,23,24)/t14-/m1/s1. The Morgan fingerprint density at radius 3 is 2.59 bits per heavy atom. The van der Waals surface area contributed by atoms with E-state index in [9.17, 15) is 9.59 Å². The van der Waals surface area contributed by atoms with Gasteiger partial charge in [-0.2, -0.15) is 0 Å². The molecule has 0 aliphatic heterocycles. The van der Waals surface area contributed by atoms with E-state index in [0.29, 0.717) is 36.2 Å². The summed E-state index contributed by atoms with van der Waals surface area (Å²) in [6.45, 7) is 4.55. The lowest BCUT2D eigenvalue weighted by Gasteiger charge is -2.20. The first kappa shape index (κ1) is 22.0. The molecule has 0 unspecified atom stereocenters. The molecule has 29 heavy (non-hydrogen) atoms. The zero-order valence-corrected chi connectivity index (χ0v) is 17.5. The van der Waals surface area contributed by atoms with Crippen molar-refractivity contribution in [1.82, 2.24) is 15.2 Å². The monoisotopic (exact) mass is 400 g/mol. The van der Waals surface area contributed by atoms with E-state index in [-0.39, 0.29) is 11.8 Å². The third-order valence-electron chi connectivity index (χ3n) is 4.08. The second-order valence-corrected chi connectivity index (χ2v) is 6.55. The van der Waals surface area contributed by atoms with Gasteiger partial charge in [-0.25, -0.2) is 4.98 Å². The Kier molecular flexibility index (Phi) is 7.82. The number of ether oxygens (including phenoxy) is 2. The fourth-order valence-corrected chi connectivity index (χ4v) is 2.61. The van der Waals surface area contributed by atoms with Crippen LogP contribution in [0.25, 0.3) is 0 Å². The number of aromatic nitrogens is 1. The summed E-state index contributed by atoms with van der Waals surface area (Å²) in [4.78, 5) is 29.5. The number of carbonyl (C=O) groups is 2. The Morgan fingerprint density at radius 1 is 1.17 bits per heavy atom. The molecule has 0 aliphatic rings. The fourth-order valence-electron chi connectivity index (χ4n) is 2.61. The molecule has 2 rings (SSSR count). The first-order valence-electron chi connectivity index (χ1n) is 9.42. The van der Waals surface area contributed by atoms with Crippen molar-refractivity contribution in [2.75, 3.05) is 33.1 Å². The molecule has 8 heteroatoms. The van der Waals surface area contributed by atoms with Gasteiger partial charge in [-0.3, -0.25) is 9.59 Å². The van der Waals surface area contributed by atoms with Crippen LogP contribution in [0.4, 0.5) is 5.82 Å². The molecule has 2 amide bonds. The summed E-state index contributed by atoms with van der Waals surface area (Å²) >= 11 is 0. The number of rotatable bonds is 9. The lowest BCUT2D eigenvalue weighted by atomic mass is 10.2. The number of carbonyl (C=O) groups excluding carboxylic acids is 2. The Bertz CT molecular complexity index is 854. The average Bonchev–Trinajstić information content (AvgIpc) is 2.72. The number of nitrogens with zero attached hydrogens (tertiary/aromatic N) is 2. The van der Waals surface area contributed by atoms with Crippen molar-refractivity contribution in [2.24, 2.45) is 0 Å². The molecule has 0 bridgehead atoms. The summed E-state index contributed by atoms with van der Waals surface area (Å²) in [6, 6.07) is 10.8. The summed E-state index contributed by atoms with van der Waals surface area (Å²) in [6.07, 6.45) is -0.621. The highest BCUT2D eigenvalue weighted by Crippen LogP contribution is 2.30. The Labute approximate surface area is 171 Å². The number of pyridine rings is 1. The van der Waals surface area contributed by atoms with Gasteiger partial charge in [0, 0.05) is 27.7 Å². The van der Waals surface area contributed by atoms with E-state index in [1.807, 2.05) is 19.1 Å². The van der Waals surface area contributed by atoms with E-state index in [1.165, 1.54) is 4.90 Å². The van der Waals surface area contributed by atoms with E-state index in [1.54, 1.807) is 52.3 Å². The fraction of sp³-hybridized carbons (Fsp3) is 0.381. The maximum Gasteiger partial charge on any atom is 0.269 e. The maximum absolute atomic E-state index is 12.1. The van der Waals surface area contributed by atoms with Gasteiger partial charge in [0.25, 0.3) is 11.8 Å². The van der Waals surface area contributed by atoms with Crippen LogP contribution in [0.3, 0.4) is 0 Å². The minimum Gasteiger partial charge on any atom is -0.490 e. The second-order valence-electron chi connectivity index (χ2n) is 6.55. The van der Waals surface area contributed by atoms with Gasteiger partial charge >= 0.3 is 0 Å². The second kappa shape index (κ2) is 10.3. The van der Waals surface area contributed by atoms with Crippen molar-refractivity contribution >= 4 is 17.6 Å². The Hall–Kier alpha value is -3.29. The number of likely N-dealkylation sites (N-methyl/N-ethyl adjacent to an activating group) is 1. The predicted octanol–water partition coefficient (Wildman–Crippen LogP) is 2.31. The molecule has 1 atom stereocenters. The number of hydrogen-bond acceptors (Lipinski definition) is 6. The van der Waals surface area contributed by atoms with Crippen LogP contribution in [0.15, 0.2) is 36.4 Å². The molecule has 2 aromatic rings. The van der Waals surface area contributed by atoms with Gasteiger partial charge in [-0.15, -0.1) is 0 Å². The van der Waals surface area contributed by atoms with Crippen LogP contribution in [0.5, 0.6) is 11.5 Å². The Morgan fingerprint density at radius 2 is 1.93 bits per heavy atom. The molecule has 0 saturated heterocycles. The van der Waals surface area contributed by atoms with Crippen LogP contribution < -0.4 is 20.1 Å². The lowest BCUT2D eigenvalue weighted by molar-refractivity contribution is -0.135. The van der Waals surface area contributed by atoms with Crippen molar-refractivity contribution in [2.45, 2.75) is 26.5 Å². The van der Waals surface area contributed by atoms with Gasteiger partial charge in [0.1, 0.15) is 11.5 Å². The number of hydrogen-bond donors (Lipinski definition) is 2. The zero-order chi connectivity index (χ0) is 21.4. The van der Waals surface area contributed by atoms with Gasteiger partial charge in [0.05, 0.1) is 6.61 Å². The maximum atomic E-state index is 12.1. The predicted molar refractivity (Wildman–Crippen MR) is 111 cm³/mol. The van der Waals surface area contributed by atoms with E-state index in [2.05, 4.69) is 15.6 Å². The molecule has 156 valence electrons. The quantitative estimate of drug-likeness (QED) is 0.671. The van der Waals surface area contributed by atoms with E-state index < -0.39 is 6.10 Å². The summed E-state index contributed by atoms with van der Waals surface area (Å²) in [5.74, 6) is 1.31. The van der Waals surface area contributed by atoms with Gasteiger partial charge < -0.3 is 25.0 Å². The number of amides is 2. The van der Waals surface area contributed by atoms with Crippen LogP contribution in [0.2, 0.25) is 0 Å². The van der Waals surface area contributed by atoms with E-state index in [0.717, 1.165) is 5.56 Å². The minimum atomic E-state index is -0.621.